The van der Waals surface area contributed by atoms with E-state index in [4.69, 9.17) is 0 Å². The van der Waals surface area contributed by atoms with Crippen molar-refractivity contribution in [3.63, 3.8) is 0 Å². The molecule has 5 N–H and O–H groups in total. The van der Waals surface area contributed by atoms with Crippen LogP contribution in [0, 0.1) is 50.2 Å². The monoisotopic (exact) mass is 490 g/mol. The molecule has 35 heavy (non-hydrogen) atoms. The van der Waals surface area contributed by atoms with Crippen LogP contribution in [0.25, 0.3) is 0 Å². The van der Waals surface area contributed by atoms with Crippen LogP contribution in [-0.2, 0) is 0 Å². The Labute approximate surface area is 212 Å². The first-order chi connectivity index (χ1) is 16.0. The molecule has 4 saturated carbocycles. The summed E-state index contributed by atoms with van der Waals surface area (Å²) in [4.78, 5) is 0. The van der Waals surface area contributed by atoms with Crippen LogP contribution >= 0.6 is 0 Å². The molecule has 0 aliphatic heterocycles. The molecule has 11 atom stereocenters. The normalized spacial score (nSPS) is 56.7. The van der Waals surface area contributed by atoms with Gasteiger partial charge in [-0.25, -0.2) is 0 Å². The van der Waals surface area contributed by atoms with Gasteiger partial charge in [-0.2, -0.15) is 0 Å². The minimum Gasteiger partial charge on any atom is -0.396 e. The van der Waals surface area contributed by atoms with Crippen LogP contribution < -0.4 is 0 Å². The van der Waals surface area contributed by atoms with E-state index in [1.54, 1.807) is 0 Å². The van der Waals surface area contributed by atoms with Gasteiger partial charge in [-0.15, -0.1) is 0 Å². The van der Waals surface area contributed by atoms with E-state index < -0.39 is 29.1 Å². The molecule has 5 aliphatic carbocycles. The zero-order valence-electron chi connectivity index (χ0n) is 23.0. The molecule has 5 rings (SSSR count). The van der Waals surface area contributed by atoms with Gasteiger partial charge in [0.15, 0.2) is 0 Å². The minimum absolute atomic E-state index is 0.0440. The van der Waals surface area contributed by atoms with Crippen molar-refractivity contribution in [3.8, 4) is 0 Å². The number of rotatable bonds is 1. The van der Waals surface area contributed by atoms with Crippen molar-refractivity contribution in [1.82, 2.24) is 0 Å². The van der Waals surface area contributed by atoms with Crippen molar-refractivity contribution in [3.05, 3.63) is 11.6 Å². The maximum absolute atomic E-state index is 12.0. The van der Waals surface area contributed by atoms with E-state index in [1.807, 2.05) is 0 Å². The van der Waals surface area contributed by atoms with Gasteiger partial charge < -0.3 is 25.5 Å². The Morgan fingerprint density at radius 2 is 1.46 bits per heavy atom. The van der Waals surface area contributed by atoms with Crippen molar-refractivity contribution < 1.29 is 25.5 Å². The highest BCUT2D eigenvalue weighted by Crippen LogP contribution is 2.75. The fourth-order valence-corrected chi connectivity index (χ4v) is 11.0. The van der Waals surface area contributed by atoms with E-state index in [1.165, 1.54) is 0 Å². The molecule has 0 bridgehead atoms. The zero-order valence-corrected chi connectivity index (χ0v) is 23.0. The van der Waals surface area contributed by atoms with E-state index in [-0.39, 0.29) is 40.3 Å². The lowest BCUT2D eigenvalue weighted by atomic mass is 9.32. The quantitative estimate of drug-likeness (QED) is 0.357. The lowest BCUT2D eigenvalue weighted by Gasteiger charge is -2.73. The first-order valence-corrected chi connectivity index (χ1v) is 14.1. The Balaban J connectivity index is 1.66. The summed E-state index contributed by atoms with van der Waals surface area (Å²) in [6.07, 6.45) is 4.90. The number of hydrogen-bond acceptors (Lipinski definition) is 5. The van der Waals surface area contributed by atoms with Crippen molar-refractivity contribution in [2.45, 2.75) is 118 Å². The first-order valence-electron chi connectivity index (χ1n) is 14.1. The smallest absolute Gasteiger partial charge is 0.0916 e. The molecule has 200 valence electrons. The molecule has 0 aromatic rings. The summed E-state index contributed by atoms with van der Waals surface area (Å²) in [7, 11) is 0. The van der Waals surface area contributed by atoms with Crippen molar-refractivity contribution >= 4 is 0 Å². The molecule has 5 aliphatic rings. The van der Waals surface area contributed by atoms with Gasteiger partial charge in [0.2, 0.25) is 0 Å². The largest absolute Gasteiger partial charge is 0.396 e. The molecule has 0 heterocycles. The van der Waals surface area contributed by atoms with E-state index >= 15 is 0 Å². The zero-order chi connectivity index (χ0) is 26.0. The predicted molar refractivity (Wildman–Crippen MR) is 136 cm³/mol. The third-order valence-electron chi connectivity index (χ3n) is 13.2. The fourth-order valence-electron chi connectivity index (χ4n) is 11.0. The second-order valence-corrected chi connectivity index (χ2v) is 15.3. The standard InChI is InChI=1S/C30H50O5/c1-25(2)14-18-17-8-9-20-27(5)12-11-21(32)26(3,4)19(27)10-13-28(20,6)29(17,7)23(34)24(35)30(18,16-31)22(33)15-25/h8,18-24,31-35H,9-16H2,1-7H3/t18-,19+,20-,21-,22+,23+,24+,27+,28+,29+,30-/m1/s1. The summed E-state index contributed by atoms with van der Waals surface area (Å²) in [6, 6.07) is 0. The number of aliphatic hydroxyl groups is 5. The van der Waals surface area contributed by atoms with E-state index in [2.05, 4.69) is 54.5 Å². The molecule has 5 heteroatoms. The average Bonchev–Trinajstić information content (AvgIpc) is 2.75. The fraction of sp³-hybridized carbons (Fsp3) is 0.933. The van der Waals surface area contributed by atoms with Crippen LogP contribution in [0.2, 0.25) is 0 Å². The number of fused-ring (bicyclic) bond motifs is 7. The molecule has 0 aromatic heterocycles. The number of aliphatic hydroxyl groups excluding tert-OH is 5. The van der Waals surface area contributed by atoms with E-state index in [0.717, 1.165) is 44.1 Å². The second kappa shape index (κ2) is 7.56. The third kappa shape index (κ3) is 2.94. The Hall–Kier alpha value is -0.460. The summed E-state index contributed by atoms with van der Waals surface area (Å²) in [5, 5.41) is 56.7. The molecule has 0 radical (unpaired) electrons. The first kappa shape index (κ1) is 26.2. The third-order valence-corrected chi connectivity index (χ3v) is 13.2. The lowest BCUT2D eigenvalue weighted by Crippen LogP contribution is -2.74. The van der Waals surface area contributed by atoms with Crippen molar-refractivity contribution in [1.29, 1.82) is 0 Å². The molecule has 0 saturated heterocycles. The van der Waals surface area contributed by atoms with Crippen LogP contribution in [0.15, 0.2) is 11.6 Å². The number of hydrogen-bond donors (Lipinski definition) is 5. The molecular weight excluding hydrogens is 440 g/mol. The summed E-state index contributed by atoms with van der Waals surface area (Å²) in [6.45, 7) is 15.4. The summed E-state index contributed by atoms with van der Waals surface area (Å²) < 4.78 is 0. The highest BCUT2D eigenvalue weighted by atomic mass is 16.3. The predicted octanol–water partition coefficient (Wildman–Crippen LogP) is 4.05. The lowest BCUT2D eigenvalue weighted by molar-refractivity contribution is -0.272. The Bertz CT molecular complexity index is 910. The van der Waals surface area contributed by atoms with Gasteiger partial charge in [-0.3, -0.25) is 0 Å². The van der Waals surface area contributed by atoms with Gasteiger partial charge >= 0.3 is 0 Å². The maximum atomic E-state index is 12.0. The van der Waals surface area contributed by atoms with E-state index in [0.29, 0.717) is 18.3 Å². The Morgan fingerprint density at radius 1 is 0.800 bits per heavy atom. The van der Waals surface area contributed by atoms with Crippen LogP contribution in [0.5, 0.6) is 0 Å². The summed E-state index contributed by atoms with van der Waals surface area (Å²) in [5.74, 6) is 0.579. The molecule has 0 amide bonds. The van der Waals surface area contributed by atoms with Crippen molar-refractivity contribution in [2.24, 2.45) is 50.2 Å². The maximum Gasteiger partial charge on any atom is 0.0916 e. The summed E-state index contributed by atoms with van der Waals surface area (Å²) in [5.41, 5.74) is -1.05. The molecule has 0 spiro atoms. The van der Waals surface area contributed by atoms with Gasteiger partial charge in [0, 0.05) is 5.41 Å². The van der Waals surface area contributed by atoms with Crippen LogP contribution in [0.3, 0.4) is 0 Å². The van der Waals surface area contributed by atoms with Gasteiger partial charge in [-0.05, 0) is 84.4 Å². The highest BCUT2D eigenvalue weighted by molar-refractivity contribution is 5.38. The van der Waals surface area contributed by atoms with Crippen LogP contribution in [0.1, 0.15) is 93.4 Å². The highest BCUT2D eigenvalue weighted by Gasteiger charge is 2.73. The average molecular weight is 491 g/mol. The van der Waals surface area contributed by atoms with E-state index in [9.17, 15) is 25.5 Å². The second-order valence-electron chi connectivity index (χ2n) is 15.3. The molecule has 0 unspecified atom stereocenters. The molecule has 4 fully saturated rings. The minimum atomic E-state index is -1.18. The molecule has 5 nitrogen and oxygen atoms in total. The van der Waals surface area contributed by atoms with Gasteiger partial charge in [0.1, 0.15) is 0 Å². The van der Waals surface area contributed by atoms with Crippen LogP contribution in [-0.4, -0.2) is 56.6 Å². The van der Waals surface area contributed by atoms with Crippen molar-refractivity contribution in [2.75, 3.05) is 6.61 Å². The van der Waals surface area contributed by atoms with Gasteiger partial charge in [0.05, 0.1) is 36.4 Å². The Morgan fingerprint density at radius 3 is 2.09 bits per heavy atom. The number of allylic oxidation sites excluding steroid dienone is 1. The molecular formula is C30H50O5. The molecule has 0 aromatic carbocycles. The van der Waals surface area contributed by atoms with Crippen LogP contribution in [0.4, 0.5) is 0 Å². The van der Waals surface area contributed by atoms with Gasteiger partial charge in [-0.1, -0.05) is 60.1 Å². The SMILES string of the molecule is CC1(C)C[C@@H]2C3=CC[C@@H]4[C@@]5(C)CC[C@@H](O)C(C)(C)[C@@H]5CC[C@]4(C)[C@]3(C)[C@@H](O)[C@H](O)[C@@]2(CO)[C@@H](O)C1. The summed E-state index contributed by atoms with van der Waals surface area (Å²) >= 11 is 0. The Kier molecular flexibility index (Phi) is 5.65. The van der Waals surface area contributed by atoms with Gasteiger partial charge in [0.25, 0.3) is 0 Å². The topological polar surface area (TPSA) is 101 Å².